The summed E-state index contributed by atoms with van der Waals surface area (Å²) in [5.74, 6) is -0.292. The van der Waals surface area contributed by atoms with Crippen molar-refractivity contribution in [1.29, 1.82) is 0 Å². The lowest BCUT2D eigenvalue weighted by atomic mass is 10.3. The lowest BCUT2D eigenvalue weighted by molar-refractivity contribution is 0.0690. The Hall–Kier alpha value is -2.37. The van der Waals surface area contributed by atoms with Crippen LogP contribution in [0.4, 0.5) is 5.82 Å². The fourth-order valence-electron chi connectivity index (χ4n) is 1.39. The number of carbonyl (C=O) groups is 1. The average Bonchev–Trinajstić information content (AvgIpc) is 2.73. The average molecular weight is 232 g/mol. The van der Waals surface area contributed by atoms with Crippen molar-refractivity contribution < 1.29 is 9.90 Å². The minimum atomic E-state index is -1.02. The standard InChI is InChI=1S/C11H12N4O2/c1-15-6-5-10(14-15)12-7-8-3-2-4-9(13-8)11(16)17/h2-6H,7H2,1H3,(H,12,14)(H,16,17). The van der Waals surface area contributed by atoms with Crippen molar-refractivity contribution in [3.05, 3.63) is 41.9 Å². The summed E-state index contributed by atoms with van der Waals surface area (Å²) in [6, 6.07) is 6.74. The number of aryl methyl sites for hydroxylation is 1. The molecule has 0 unspecified atom stereocenters. The number of pyridine rings is 1. The van der Waals surface area contributed by atoms with E-state index in [4.69, 9.17) is 5.11 Å². The predicted molar refractivity (Wildman–Crippen MR) is 61.7 cm³/mol. The van der Waals surface area contributed by atoms with Crippen molar-refractivity contribution in [1.82, 2.24) is 14.8 Å². The Morgan fingerprint density at radius 2 is 2.29 bits per heavy atom. The quantitative estimate of drug-likeness (QED) is 0.825. The second-order valence-corrected chi connectivity index (χ2v) is 3.55. The number of rotatable bonds is 4. The fourth-order valence-corrected chi connectivity index (χ4v) is 1.39. The van der Waals surface area contributed by atoms with Gasteiger partial charge in [0.2, 0.25) is 0 Å². The molecule has 6 heteroatoms. The van der Waals surface area contributed by atoms with Gasteiger partial charge in [-0.2, -0.15) is 5.10 Å². The summed E-state index contributed by atoms with van der Waals surface area (Å²) in [5, 5.41) is 16.0. The maximum Gasteiger partial charge on any atom is 0.354 e. The summed E-state index contributed by atoms with van der Waals surface area (Å²) >= 11 is 0. The van der Waals surface area contributed by atoms with Gasteiger partial charge in [0.25, 0.3) is 0 Å². The number of anilines is 1. The van der Waals surface area contributed by atoms with Gasteiger partial charge in [-0.1, -0.05) is 6.07 Å². The molecule has 0 amide bonds. The minimum Gasteiger partial charge on any atom is -0.477 e. The molecule has 0 aliphatic rings. The Bertz CT molecular complexity index is 536. The Labute approximate surface area is 97.9 Å². The number of hydrogen-bond acceptors (Lipinski definition) is 4. The van der Waals surface area contributed by atoms with E-state index in [1.165, 1.54) is 6.07 Å². The van der Waals surface area contributed by atoms with Crippen LogP contribution in [-0.4, -0.2) is 25.8 Å². The lowest BCUT2D eigenvalue weighted by Gasteiger charge is -2.03. The molecular formula is C11H12N4O2. The second-order valence-electron chi connectivity index (χ2n) is 3.55. The van der Waals surface area contributed by atoms with Gasteiger partial charge in [0.15, 0.2) is 0 Å². The van der Waals surface area contributed by atoms with Crippen molar-refractivity contribution in [2.45, 2.75) is 6.54 Å². The highest BCUT2D eigenvalue weighted by molar-refractivity contribution is 5.85. The maximum atomic E-state index is 10.7. The van der Waals surface area contributed by atoms with Gasteiger partial charge in [-0.3, -0.25) is 4.68 Å². The summed E-state index contributed by atoms with van der Waals surface area (Å²) in [7, 11) is 1.83. The molecule has 0 spiro atoms. The van der Waals surface area contributed by atoms with E-state index in [1.54, 1.807) is 16.8 Å². The van der Waals surface area contributed by atoms with Crippen molar-refractivity contribution >= 4 is 11.8 Å². The summed E-state index contributed by atoms with van der Waals surface area (Å²) in [6.45, 7) is 0.443. The smallest absolute Gasteiger partial charge is 0.354 e. The van der Waals surface area contributed by atoms with Crippen LogP contribution in [0.5, 0.6) is 0 Å². The molecule has 0 saturated heterocycles. The number of hydrogen-bond donors (Lipinski definition) is 2. The number of carboxylic acids is 1. The lowest BCUT2D eigenvalue weighted by Crippen LogP contribution is -2.06. The molecule has 2 rings (SSSR count). The highest BCUT2D eigenvalue weighted by atomic mass is 16.4. The number of nitrogens with zero attached hydrogens (tertiary/aromatic N) is 3. The number of aromatic nitrogens is 3. The molecular weight excluding hydrogens is 220 g/mol. The van der Waals surface area contributed by atoms with Gasteiger partial charge >= 0.3 is 5.97 Å². The molecule has 0 aliphatic carbocycles. The molecule has 0 aliphatic heterocycles. The highest BCUT2D eigenvalue weighted by Gasteiger charge is 2.05. The summed E-state index contributed by atoms with van der Waals surface area (Å²) < 4.78 is 1.68. The molecule has 0 aromatic carbocycles. The van der Waals surface area contributed by atoms with Gasteiger partial charge in [0.05, 0.1) is 12.2 Å². The molecule has 0 bridgehead atoms. The molecule has 17 heavy (non-hydrogen) atoms. The first-order valence-electron chi connectivity index (χ1n) is 5.08. The first-order chi connectivity index (χ1) is 8.15. The predicted octanol–water partition coefficient (Wildman–Crippen LogP) is 1.13. The fraction of sp³-hybridized carbons (Fsp3) is 0.182. The van der Waals surface area contributed by atoms with Crippen LogP contribution in [0.25, 0.3) is 0 Å². The zero-order valence-electron chi connectivity index (χ0n) is 9.29. The van der Waals surface area contributed by atoms with Crippen molar-refractivity contribution in [3.63, 3.8) is 0 Å². The van der Waals surface area contributed by atoms with Gasteiger partial charge < -0.3 is 10.4 Å². The van der Waals surface area contributed by atoms with E-state index in [2.05, 4.69) is 15.4 Å². The molecule has 0 atom stereocenters. The molecule has 2 heterocycles. The van der Waals surface area contributed by atoms with Crippen LogP contribution in [0.1, 0.15) is 16.2 Å². The highest BCUT2D eigenvalue weighted by Crippen LogP contribution is 2.05. The van der Waals surface area contributed by atoms with Gasteiger partial charge in [-0.25, -0.2) is 9.78 Å². The van der Waals surface area contributed by atoms with Crippen molar-refractivity contribution in [2.75, 3.05) is 5.32 Å². The third-order valence-electron chi connectivity index (χ3n) is 2.19. The third-order valence-corrected chi connectivity index (χ3v) is 2.19. The van der Waals surface area contributed by atoms with Gasteiger partial charge in [-0.05, 0) is 12.1 Å². The molecule has 0 saturated carbocycles. The van der Waals surface area contributed by atoms with E-state index in [9.17, 15) is 4.79 Å². The molecule has 0 radical (unpaired) electrons. The summed E-state index contributed by atoms with van der Waals surface area (Å²) in [6.07, 6.45) is 1.82. The molecule has 2 aromatic heterocycles. The topological polar surface area (TPSA) is 80.0 Å². The van der Waals surface area contributed by atoms with Gasteiger partial charge in [-0.15, -0.1) is 0 Å². The van der Waals surface area contributed by atoms with Crippen molar-refractivity contribution in [2.24, 2.45) is 7.05 Å². The molecule has 88 valence electrons. The third kappa shape index (κ3) is 2.81. The van der Waals surface area contributed by atoms with E-state index >= 15 is 0 Å². The van der Waals surface area contributed by atoms with Gasteiger partial charge in [0.1, 0.15) is 11.5 Å². The van der Waals surface area contributed by atoms with Crippen LogP contribution in [0, 0.1) is 0 Å². The molecule has 0 fully saturated rings. The Morgan fingerprint density at radius 1 is 1.47 bits per heavy atom. The minimum absolute atomic E-state index is 0.0466. The SMILES string of the molecule is Cn1ccc(NCc2cccc(C(=O)O)n2)n1. The Kier molecular flexibility index (Phi) is 3.04. The van der Waals surface area contributed by atoms with E-state index in [0.717, 1.165) is 5.82 Å². The number of nitrogens with one attached hydrogen (secondary N) is 1. The Balaban J connectivity index is 2.04. The zero-order chi connectivity index (χ0) is 12.3. The van der Waals surface area contributed by atoms with Crippen molar-refractivity contribution in [3.8, 4) is 0 Å². The molecule has 6 nitrogen and oxygen atoms in total. The van der Waals surface area contributed by atoms with Gasteiger partial charge in [0, 0.05) is 19.3 Å². The largest absolute Gasteiger partial charge is 0.477 e. The number of aromatic carboxylic acids is 1. The van der Waals surface area contributed by atoms with Crippen LogP contribution in [0.3, 0.4) is 0 Å². The monoisotopic (exact) mass is 232 g/mol. The first-order valence-corrected chi connectivity index (χ1v) is 5.08. The van der Waals surface area contributed by atoms with E-state index in [1.807, 2.05) is 19.3 Å². The first kappa shape index (κ1) is 11.1. The maximum absolute atomic E-state index is 10.7. The number of carboxylic acid groups (broad SMARTS) is 1. The summed E-state index contributed by atoms with van der Waals surface area (Å²) in [4.78, 5) is 14.7. The summed E-state index contributed by atoms with van der Waals surface area (Å²) in [5.41, 5.74) is 0.709. The van der Waals surface area contributed by atoms with Crippen LogP contribution in [0.15, 0.2) is 30.5 Å². The second kappa shape index (κ2) is 4.65. The van der Waals surface area contributed by atoms with E-state index in [0.29, 0.717) is 12.2 Å². The van der Waals surface area contributed by atoms with E-state index in [-0.39, 0.29) is 5.69 Å². The van der Waals surface area contributed by atoms with Crippen LogP contribution in [0.2, 0.25) is 0 Å². The van der Waals surface area contributed by atoms with E-state index < -0.39 is 5.97 Å². The Morgan fingerprint density at radius 3 is 2.94 bits per heavy atom. The normalized spacial score (nSPS) is 10.2. The zero-order valence-corrected chi connectivity index (χ0v) is 9.29. The van der Waals surface area contributed by atoms with Crippen LogP contribution >= 0.6 is 0 Å². The molecule has 2 aromatic rings. The van der Waals surface area contributed by atoms with Crippen LogP contribution in [-0.2, 0) is 13.6 Å². The molecule has 2 N–H and O–H groups in total. The van der Waals surface area contributed by atoms with Crippen LogP contribution < -0.4 is 5.32 Å².